The van der Waals surface area contributed by atoms with E-state index in [4.69, 9.17) is 9.26 Å². The van der Waals surface area contributed by atoms with Gasteiger partial charge < -0.3 is 19.1 Å². The van der Waals surface area contributed by atoms with Crippen molar-refractivity contribution in [2.75, 3.05) is 32.8 Å². The highest BCUT2D eigenvalue weighted by atomic mass is 16.5. The molecule has 2 saturated heterocycles. The number of nitrogens with zero attached hydrogens (tertiary/aromatic N) is 4. The lowest BCUT2D eigenvalue weighted by Gasteiger charge is -2.27. The number of hydrogen-bond acceptors (Lipinski definition) is 6. The zero-order valence-electron chi connectivity index (χ0n) is 16.9. The fraction of sp³-hybridized carbons (Fsp3) is 0.524. The molecule has 1 atom stereocenters. The van der Waals surface area contributed by atoms with E-state index in [0.29, 0.717) is 44.2 Å². The monoisotopic (exact) mass is 398 g/mol. The normalized spacial score (nSPS) is 19.6. The molecule has 8 nitrogen and oxygen atoms in total. The molecule has 2 fully saturated rings. The molecule has 0 aromatic carbocycles. The van der Waals surface area contributed by atoms with E-state index in [1.165, 1.54) is 0 Å². The summed E-state index contributed by atoms with van der Waals surface area (Å²) in [4.78, 5) is 33.7. The molecule has 2 aromatic heterocycles. The molecule has 0 spiro atoms. The lowest BCUT2D eigenvalue weighted by atomic mass is 10.1. The Hall–Kier alpha value is -2.74. The summed E-state index contributed by atoms with van der Waals surface area (Å²) >= 11 is 0. The van der Waals surface area contributed by atoms with Gasteiger partial charge in [0.15, 0.2) is 0 Å². The third kappa shape index (κ3) is 4.03. The fourth-order valence-electron chi connectivity index (χ4n) is 4.06. The van der Waals surface area contributed by atoms with Crippen molar-refractivity contribution in [1.29, 1.82) is 0 Å². The topological polar surface area (TPSA) is 88.8 Å². The van der Waals surface area contributed by atoms with E-state index in [2.05, 4.69) is 10.1 Å². The van der Waals surface area contributed by atoms with Crippen LogP contribution in [-0.4, -0.2) is 64.6 Å². The summed E-state index contributed by atoms with van der Waals surface area (Å²) in [6.45, 7) is 6.74. The standard InChI is InChI=1S/C21H26N4O4/c1-14-17(15(2)29-23-14)12-20(26)25-7-3-4-19(25)18-6-5-16(13-22-18)21(27)24-8-10-28-11-9-24/h5-6,13,19H,3-4,7-12H2,1-2H3. The van der Waals surface area contributed by atoms with Gasteiger partial charge in [0.25, 0.3) is 5.91 Å². The van der Waals surface area contributed by atoms with Gasteiger partial charge in [-0.25, -0.2) is 0 Å². The molecule has 1 unspecified atom stereocenters. The largest absolute Gasteiger partial charge is 0.378 e. The van der Waals surface area contributed by atoms with Gasteiger partial charge in [0.05, 0.1) is 42.6 Å². The first-order chi connectivity index (χ1) is 14.0. The molecule has 29 heavy (non-hydrogen) atoms. The van der Waals surface area contributed by atoms with Gasteiger partial charge in [0.1, 0.15) is 5.76 Å². The number of aryl methyl sites for hydroxylation is 2. The Balaban J connectivity index is 1.45. The molecule has 0 radical (unpaired) electrons. The lowest BCUT2D eigenvalue weighted by molar-refractivity contribution is -0.131. The van der Waals surface area contributed by atoms with Crippen molar-refractivity contribution in [1.82, 2.24) is 19.9 Å². The van der Waals surface area contributed by atoms with Crippen LogP contribution in [0.5, 0.6) is 0 Å². The van der Waals surface area contributed by atoms with Gasteiger partial charge in [0.2, 0.25) is 5.91 Å². The SMILES string of the molecule is Cc1noc(C)c1CC(=O)N1CCCC1c1ccc(C(=O)N2CCOCC2)cn1. The molecule has 2 amide bonds. The zero-order valence-corrected chi connectivity index (χ0v) is 16.9. The van der Waals surface area contributed by atoms with Crippen LogP contribution in [0, 0.1) is 13.8 Å². The second-order valence-corrected chi connectivity index (χ2v) is 7.60. The molecule has 4 heterocycles. The third-order valence-electron chi connectivity index (χ3n) is 5.76. The molecule has 154 valence electrons. The Bertz CT molecular complexity index is 867. The molecule has 8 heteroatoms. The number of rotatable bonds is 4. The quantitative estimate of drug-likeness (QED) is 0.783. The number of aromatic nitrogens is 2. The average molecular weight is 398 g/mol. The average Bonchev–Trinajstić information content (AvgIpc) is 3.36. The van der Waals surface area contributed by atoms with Gasteiger partial charge in [-0.05, 0) is 38.8 Å². The Morgan fingerprint density at radius 2 is 1.97 bits per heavy atom. The van der Waals surface area contributed by atoms with Gasteiger partial charge >= 0.3 is 0 Å². The summed E-state index contributed by atoms with van der Waals surface area (Å²) in [5.41, 5.74) is 3.02. The molecular formula is C21H26N4O4. The van der Waals surface area contributed by atoms with Crippen LogP contribution in [0.15, 0.2) is 22.9 Å². The number of ether oxygens (including phenoxy) is 1. The number of hydrogen-bond donors (Lipinski definition) is 0. The summed E-state index contributed by atoms with van der Waals surface area (Å²) in [6, 6.07) is 3.63. The van der Waals surface area contributed by atoms with Crippen molar-refractivity contribution in [2.45, 2.75) is 39.2 Å². The Morgan fingerprint density at radius 1 is 1.17 bits per heavy atom. The van der Waals surface area contributed by atoms with Crippen molar-refractivity contribution in [2.24, 2.45) is 0 Å². The molecule has 0 bridgehead atoms. The highest BCUT2D eigenvalue weighted by Gasteiger charge is 2.32. The van der Waals surface area contributed by atoms with Crippen LogP contribution >= 0.6 is 0 Å². The van der Waals surface area contributed by atoms with E-state index in [9.17, 15) is 9.59 Å². The van der Waals surface area contributed by atoms with Crippen LogP contribution in [0.2, 0.25) is 0 Å². The van der Waals surface area contributed by atoms with Crippen molar-refractivity contribution in [3.8, 4) is 0 Å². The Morgan fingerprint density at radius 3 is 2.62 bits per heavy atom. The summed E-state index contributed by atoms with van der Waals surface area (Å²) < 4.78 is 10.5. The summed E-state index contributed by atoms with van der Waals surface area (Å²) in [5.74, 6) is 0.720. The predicted octanol–water partition coefficient (Wildman–Crippen LogP) is 2.07. The Labute approximate surface area is 169 Å². The second-order valence-electron chi connectivity index (χ2n) is 7.60. The van der Waals surface area contributed by atoms with Crippen molar-refractivity contribution in [3.05, 3.63) is 46.6 Å². The number of amides is 2. The fourth-order valence-corrected chi connectivity index (χ4v) is 4.06. The zero-order chi connectivity index (χ0) is 20.4. The van der Waals surface area contributed by atoms with E-state index in [-0.39, 0.29) is 24.3 Å². The first-order valence-corrected chi connectivity index (χ1v) is 10.1. The van der Waals surface area contributed by atoms with Crippen LogP contribution in [0.1, 0.15) is 52.0 Å². The predicted molar refractivity (Wildman–Crippen MR) is 104 cm³/mol. The summed E-state index contributed by atoms with van der Waals surface area (Å²) in [7, 11) is 0. The van der Waals surface area contributed by atoms with Crippen LogP contribution in [0.25, 0.3) is 0 Å². The van der Waals surface area contributed by atoms with Crippen LogP contribution < -0.4 is 0 Å². The van der Waals surface area contributed by atoms with Crippen LogP contribution in [0.3, 0.4) is 0 Å². The van der Waals surface area contributed by atoms with E-state index in [1.807, 2.05) is 30.9 Å². The van der Waals surface area contributed by atoms with Crippen molar-refractivity contribution >= 4 is 11.8 Å². The van der Waals surface area contributed by atoms with E-state index >= 15 is 0 Å². The minimum atomic E-state index is -0.0597. The highest BCUT2D eigenvalue weighted by molar-refractivity contribution is 5.94. The van der Waals surface area contributed by atoms with Gasteiger partial charge in [-0.3, -0.25) is 14.6 Å². The summed E-state index contributed by atoms with van der Waals surface area (Å²) in [6.07, 6.45) is 3.72. The minimum absolute atomic E-state index is 0.0230. The molecular weight excluding hydrogens is 372 g/mol. The number of carbonyl (C=O) groups excluding carboxylic acids is 2. The molecule has 2 aliphatic heterocycles. The first kappa shape index (κ1) is 19.6. The molecule has 4 rings (SSSR count). The van der Waals surface area contributed by atoms with Gasteiger partial charge in [-0.2, -0.15) is 0 Å². The van der Waals surface area contributed by atoms with Crippen LogP contribution in [0.4, 0.5) is 0 Å². The molecule has 0 saturated carbocycles. The third-order valence-corrected chi connectivity index (χ3v) is 5.76. The molecule has 2 aliphatic rings. The maximum atomic E-state index is 12.9. The second kappa shape index (κ2) is 8.32. The van der Waals surface area contributed by atoms with Gasteiger partial charge in [0, 0.05) is 31.4 Å². The number of likely N-dealkylation sites (tertiary alicyclic amines) is 1. The van der Waals surface area contributed by atoms with Crippen molar-refractivity contribution in [3.63, 3.8) is 0 Å². The number of carbonyl (C=O) groups is 2. The van der Waals surface area contributed by atoms with E-state index < -0.39 is 0 Å². The van der Waals surface area contributed by atoms with Crippen LogP contribution in [-0.2, 0) is 16.0 Å². The molecule has 0 aliphatic carbocycles. The summed E-state index contributed by atoms with van der Waals surface area (Å²) in [5, 5.41) is 3.94. The van der Waals surface area contributed by atoms with E-state index in [0.717, 1.165) is 29.8 Å². The van der Waals surface area contributed by atoms with E-state index in [1.54, 1.807) is 11.1 Å². The first-order valence-electron chi connectivity index (χ1n) is 10.1. The lowest BCUT2D eigenvalue weighted by Crippen LogP contribution is -2.40. The smallest absolute Gasteiger partial charge is 0.255 e. The maximum absolute atomic E-state index is 12.9. The minimum Gasteiger partial charge on any atom is -0.378 e. The molecule has 2 aromatic rings. The number of pyridine rings is 1. The van der Waals surface area contributed by atoms with Gasteiger partial charge in [-0.15, -0.1) is 0 Å². The maximum Gasteiger partial charge on any atom is 0.255 e. The van der Waals surface area contributed by atoms with Crippen molar-refractivity contribution < 1.29 is 18.8 Å². The Kier molecular flexibility index (Phi) is 5.62. The molecule has 0 N–H and O–H groups in total. The number of morpholine rings is 1. The van der Waals surface area contributed by atoms with Gasteiger partial charge in [-0.1, -0.05) is 5.16 Å². The highest BCUT2D eigenvalue weighted by Crippen LogP contribution is 2.32.